The third-order valence-corrected chi connectivity index (χ3v) is 5.53. The van der Waals surface area contributed by atoms with E-state index in [4.69, 9.17) is 39.5 Å². The maximum atomic E-state index is 12.4. The summed E-state index contributed by atoms with van der Waals surface area (Å²) in [6, 6.07) is 16.9. The number of hydrogen-bond donors (Lipinski definition) is 1. The molecule has 4 rings (SSSR count). The highest BCUT2D eigenvalue weighted by molar-refractivity contribution is 6.42. The Hall–Kier alpha value is -2.61. The van der Waals surface area contributed by atoms with Crippen molar-refractivity contribution in [3.8, 4) is 11.4 Å². The zero-order chi connectivity index (χ0) is 22.9. The van der Waals surface area contributed by atoms with Crippen LogP contribution in [0.5, 0.6) is 5.75 Å². The number of halogens is 6. The van der Waals surface area contributed by atoms with E-state index in [0.29, 0.717) is 44.3 Å². The second kappa shape index (κ2) is 9.10. The third-order valence-electron chi connectivity index (χ3n) is 4.56. The quantitative estimate of drug-likeness (QED) is 0.297. The van der Waals surface area contributed by atoms with Gasteiger partial charge in [0.15, 0.2) is 6.61 Å². The fraction of sp³-hybridized carbons (Fsp3) is 0.136. The van der Waals surface area contributed by atoms with Crippen molar-refractivity contribution in [3.05, 3.63) is 81.3 Å². The molecule has 0 spiro atoms. The normalized spacial score (nSPS) is 11.7. The molecule has 1 aromatic heterocycles. The highest BCUT2D eigenvalue weighted by Crippen LogP contribution is 2.32. The number of nitrogens with one attached hydrogen (secondary N) is 1. The monoisotopic (exact) mass is 499 g/mol. The summed E-state index contributed by atoms with van der Waals surface area (Å²) < 4.78 is 43.8. The summed E-state index contributed by atoms with van der Waals surface area (Å²) in [4.78, 5) is 4.62. The van der Waals surface area contributed by atoms with E-state index < -0.39 is 12.8 Å². The van der Waals surface area contributed by atoms with Crippen molar-refractivity contribution in [2.75, 3.05) is 11.9 Å². The van der Waals surface area contributed by atoms with Crippen LogP contribution in [0.1, 0.15) is 5.56 Å². The van der Waals surface area contributed by atoms with E-state index in [2.05, 4.69) is 10.3 Å². The number of imidazole rings is 1. The zero-order valence-electron chi connectivity index (χ0n) is 16.3. The van der Waals surface area contributed by atoms with Crippen molar-refractivity contribution in [2.24, 2.45) is 0 Å². The molecule has 0 aliphatic rings. The molecule has 0 radical (unpaired) electrons. The number of benzene rings is 3. The minimum absolute atomic E-state index is 0.104. The van der Waals surface area contributed by atoms with E-state index in [-0.39, 0.29) is 5.75 Å². The van der Waals surface area contributed by atoms with Gasteiger partial charge in [0.2, 0.25) is 5.95 Å². The number of alkyl halides is 3. The van der Waals surface area contributed by atoms with Gasteiger partial charge in [-0.05, 0) is 54.1 Å². The third kappa shape index (κ3) is 5.23. The zero-order valence-corrected chi connectivity index (χ0v) is 18.5. The van der Waals surface area contributed by atoms with E-state index >= 15 is 0 Å². The Kier molecular flexibility index (Phi) is 6.42. The van der Waals surface area contributed by atoms with Gasteiger partial charge in [-0.3, -0.25) is 4.57 Å². The fourth-order valence-corrected chi connectivity index (χ4v) is 3.53. The Morgan fingerprint density at radius 1 is 0.906 bits per heavy atom. The molecule has 0 fully saturated rings. The van der Waals surface area contributed by atoms with E-state index in [1.165, 1.54) is 12.1 Å². The molecule has 0 atom stereocenters. The van der Waals surface area contributed by atoms with Crippen LogP contribution >= 0.6 is 34.8 Å². The molecule has 0 amide bonds. The molecule has 4 nitrogen and oxygen atoms in total. The van der Waals surface area contributed by atoms with Crippen LogP contribution in [-0.2, 0) is 6.54 Å². The summed E-state index contributed by atoms with van der Waals surface area (Å²) in [5, 5.41) is 4.64. The first-order valence-corrected chi connectivity index (χ1v) is 10.5. The van der Waals surface area contributed by atoms with Crippen LogP contribution < -0.4 is 10.1 Å². The van der Waals surface area contributed by atoms with Gasteiger partial charge in [-0.25, -0.2) is 4.98 Å². The first kappa shape index (κ1) is 22.6. The predicted octanol–water partition coefficient (Wildman–Crippen LogP) is 7.54. The number of rotatable bonds is 6. The highest BCUT2D eigenvalue weighted by atomic mass is 35.5. The number of anilines is 1. The van der Waals surface area contributed by atoms with Gasteiger partial charge in [0.25, 0.3) is 0 Å². The Morgan fingerprint density at radius 3 is 2.22 bits per heavy atom. The van der Waals surface area contributed by atoms with Gasteiger partial charge in [0.05, 0.1) is 21.1 Å². The van der Waals surface area contributed by atoms with Crippen molar-refractivity contribution in [1.29, 1.82) is 0 Å². The summed E-state index contributed by atoms with van der Waals surface area (Å²) in [5.41, 5.74) is 2.93. The largest absolute Gasteiger partial charge is 0.484 e. The van der Waals surface area contributed by atoms with Crippen molar-refractivity contribution < 1.29 is 17.9 Å². The average molecular weight is 501 g/mol. The molecular formula is C22H15Cl3F3N3O. The summed E-state index contributed by atoms with van der Waals surface area (Å²) in [7, 11) is 0. The van der Waals surface area contributed by atoms with Crippen LogP contribution in [-0.4, -0.2) is 22.3 Å². The Balaban J connectivity index is 1.68. The molecule has 0 saturated heterocycles. The van der Waals surface area contributed by atoms with Gasteiger partial charge in [-0.2, -0.15) is 13.2 Å². The molecule has 32 heavy (non-hydrogen) atoms. The number of nitrogens with zero attached hydrogens (tertiary/aromatic N) is 2. The lowest BCUT2D eigenvalue weighted by atomic mass is 10.2. The van der Waals surface area contributed by atoms with E-state index in [0.717, 1.165) is 5.56 Å². The molecule has 166 valence electrons. The Bertz CT molecular complexity index is 1240. The maximum Gasteiger partial charge on any atom is 0.422 e. The molecule has 1 heterocycles. The molecule has 3 aromatic carbocycles. The first-order chi connectivity index (χ1) is 15.2. The van der Waals surface area contributed by atoms with Crippen LogP contribution in [0.3, 0.4) is 0 Å². The Labute approximate surface area is 196 Å². The van der Waals surface area contributed by atoms with Crippen molar-refractivity contribution in [1.82, 2.24) is 9.55 Å². The summed E-state index contributed by atoms with van der Waals surface area (Å²) in [6.07, 6.45) is -4.41. The number of aromatic nitrogens is 2. The average Bonchev–Trinajstić information content (AvgIpc) is 3.09. The Morgan fingerprint density at radius 2 is 1.56 bits per heavy atom. The lowest BCUT2D eigenvalue weighted by molar-refractivity contribution is -0.153. The van der Waals surface area contributed by atoms with Crippen LogP contribution in [0.2, 0.25) is 15.1 Å². The fourth-order valence-electron chi connectivity index (χ4n) is 3.09. The van der Waals surface area contributed by atoms with Crippen LogP contribution in [0.15, 0.2) is 60.7 Å². The van der Waals surface area contributed by atoms with Gasteiger partial charge >= 0.3 is 6.18 Å². The molecule has 0 bridgehead atoms. The number of ether oxygens (including phenoxy) is 1. The summed E-state index contributed by atoms with van der Waals surface area (Å²) in [6.45, 7) is -0.892. The maximum absolute atomic E-state index is 12.4. The molecule has 10 heteroatoms. The highest BCUT2D eigenvalue weighted by Gasteiger charge is 2.28. The van der Waals surface area contributed by atoms with Crippen LogP contribution in [0.25, 0.3) is 16.7 Å². The van der Waals surface area contributed by atoms with E-state index in [9.17, 15) is 13.2 Å². The van der Waals surface area contributed by atoms with Gasteiger partial charge < -0.3 is 10.1 Å². The predicted molar refractivity (Wildman–Crippen MR) is 121 cm³/mol. The van der Waals surface area contributed by atoms with E-state index in [1.54, 1.807) is 41.0 Å². The minimum atomic E-state index is -4.41. The van der Waals surface area contributed by atoms with Gasteiger partial charge in [-0.15, -0.1) is 0 Å². The molecule has 0 saturated carbocycles. The lowest BCUT2D eigenvalue weighted by Crippen LogP contribution is -2.19. The van der Waals surface area contributed by atoms with Gasteiger partial charge in [-0.1, -0.05) is 46.9 Å². The minimum Gasteiger partial charge on any atom is -0.484 e. The smallest absolute Gasteiger partial charge is 0.422 e. The summed E-state index contributed by atoms with van der Waals surface area (Å²) in [5.74, 6) is 0.615. The molecule has 0 aliphatic carbocycles. The lowest BCUT2D eigenvalue weighted by Gasteiger charge is -2.13. The number of hydrogen-bond acceptors (Lipinski definition) is 3. The second-order valence-corrected chi connectivity index (χ2v) is 8.15. The summed E-state index contributed by atoms with van der Waals surface area (Å²) >= 11 is 18.3. The van der Waals surface area contributed by atoms with Crippen LogP contribution in [0, 0.1) is 0 Å². The molecule has 4 aromatic rings. The topological polar surface area (TPSA) is 39.1 Å². The molecule has 1 N–H and O–H groups in total. The van der Waals surface area contributed by atoms with Crippen molar-refractivity contribution >= 4 is 51.8 Å². The standard InChI is InChI=1S/C22H15Cl3F3N3O/c23-14-3-1-13(2-4-14)11-29-21-30-19-9-17(24)18(25)10-20(19)31(21)15-5-7-16(8-6-15)32-12-22(26,27)28/h1-10H,11-12H2,(H,29,30). The van der Waals surface area contributed by atoms with Gasteiger partial charge in [0, 0.05) is 17.3 Å². The molecule has 0 aliphatic heterocycles. The van der Waals surface area contributed by atoms with E-state index in [1.807, 2.05) is 12.1 Å². The second-order valence-electron chi connectivity index (χ2n) is 6.90. The molecule has 0 unspecified atom stereocenters. The molecular weight excluding hydrogens is 486 g/mol. The SMILES string of the molecule is FC(F)(F)COc1ccc(-n2c(NCc3ccc(Cl)cc3)nc3cc(Cl)c(Cl)cc32)cc1. The van der Waals surface area contributed by atoms with Crippen LogP contribution in [0.4, 0.5) is 19.1 Å². The number of fused-ring (bicyclic) bond motifs is 1. The van der Waals surface area contributed by atoms with Crippen molar-refractivity contribution in [3.63, 3.8) is 0 Å². The van der Waals surface area contributed by atoms with Gasteiger partial charge in [0.1, 0.15) is 5.75 Å². The van der Waals surface area contributed by atoms with Crippen molar-refractivity contribution in [2.45, 2.75) is 12.7 Å². The first-order valence-electron chi connectivity index (χ1n) is 9.35.